The number of hydrogen-bond acceptors (Lipinski definition) is 1. The smallest absolute Gasteiger partial charge is 0.218 e. The summed E-state index contributed by atoms with van der Waals surface area (Å²) in [5, 5.41) is 1.41. The van der Waals surface area contributed by atoms with Crippen molar-refractivity contribution in [2.24, 2.45) is 0 Å². The van der Waals surface area contributed by atoms with Gasteiger partial charge in [0.15, 0.2) is 0 Å². The van der Waals surface area contributed by atoms with E-state index in [0.717, 1.165) is 13.0 Å². The van der Waals surface area contributed by atoms with Crippen molar-refractivity contribution in [1.82, 2.24) is 0 Å². The lowest BCUT2D eigenvalue weighted by atomic mass is 10.2. The molecule has 0 fully saturated rings. The fourth-order valence-electron chi connectivity index (χ4n) is 1.76. The molecule has 0 aliphatic heterocycles. The SMILES string of the molecule is CCCO[Si](C)(C)c1cc(C)cc(C)c1. The van der Waals surface area contributed by atoms with Gasteiger partial charge in [0.1, 0.15) is 0 Å². The normalized spacial score (nSPS) is 11.8. The first kappa shape index (κ1) is 12.5. The predicted molar refractivity (Wildman–Crippen MR) is 69.3 cm³/mol. The summed E-state index contributed by atoms with van der Waals surface area (Å²) in [4.78, 5) is 0. The van der Waals surface area contributed by atoms with Gasteiger partial charge in [-0.2, -0.15) is 0 Å². The van der Waals surface area contributed by atoms with Crippen molar-refractivity contribution >= 4 is 13.5 Å². The third-order valence-electron chi connectivity index (χ3n) is 2.58. The first-order valence-electron chi connectivity index (χ1n) is 5.68. The molecule has 0 heterocycles. The fraction of sp³-hybridized carbons (Fsp3) is 0.538. The van der Waals surface area contributed by atoms with Crippen LogP contribution < -0.4 is 5.19 Å². The molecule has 0 saturated carbocycles. The van der Waals surface area contributed by atoms with Crippen molar-refractivity contribution in [2.45, 2.75) is 40.3 Å². The molecule has 0 bridgehead atoms. The average Bonchev–Trinajstić information content (AvgIpc) is 2.13. The maximum absolute atomic E-state index is 6.01. The number of rotatable bonds is 4. The Hall–Kier alpha value is -0.603. The van der Waals surface area contributed by atoms with Crippen LogP contribution in [0.25, 0.3) is 0 Å². The molecule has 0 atom stereocenters. The van der Waals surface area contributed by atoms with Gasteiger partial charge in [-0.3, -0.25) is 0 Å². The number of aryl methyl sites for hydroxylation is 2. The molecular formula is C13H22OSi. The third-order valence-corrected chi connectivity index (χ3v) is 5.19. The van der Waals surface area contributed by atoms with Crippen LogP contribution in [0.5, 0.6) is 0 Å². The second-order valence-electron chi connectivity index (χ2n) is 4.74. The molecule has 0 aliphatic carbocycles. The fourth-order valence-corrected chi connectivity index (χ4v) is 3.79. The predicted octanol–water partition coefficient (Wildman–Crippen LogP) is 3.14. The van der Waals surface area contributed by atoms with Gasteiger partial charge in [-0.05, 0) is 38.5 Å². The summed E-state index contributed by atoms with van der Waals surface area (Å²) in [6.07, 6.45) is 1.10. The van der Waals surface area contributed by atoms with Crippen LogP contribution >= 0.6 is 0 Å². The lowest BCUT2D eigenvalue weighted by molar-refractivity contribution is 0.315. The molecule has 15 heavy (non-hydrogen) atoms. The van der Waals surface area contributed by atoms with Crippen molar-refractivity contribution in [1.29, 1.82) is 0 Å². The van der Waals surface area contributed by atoms with Crippen LogP contribution in [0.1, 0.15) is 24.5 Å². The minimum absolute atomic E-state index is 0.881. The summed E-state index contributed by atoms with van der Waals surface area (Å²) in [5.74, 6) is 0. The summed E-state index contributed by atoms with van der Waals surface area (Å²) in [5.41, 5.74) is 2.68. The van der Waals surface area contributed by atoms with E-state index in [0.29, 0.717) is 0 Å². The van der Waals surface area contributed by atoms with Crippen LogP contribution in [0.4, 0.5) is 0 Å². The van der Waals surface area contributed by atoms with Crippen LogP contribution in [0.2, 0.25) is 13.1 Å². The Bertz CT molecular complexity index is 311. The van der Waals surface area contributed by atoms with Crippen molar-refractivity contribution in [3.63, 3.8) is 0 Å². The quantitative estimate of drug-likeness (QED) is 0.711. The van der Waals surface area contributed by atoms with E-state index in [9.17, 15) is 0 Å². The molecule has 1 aromatic carbocycles. The highest BCUT2D eigenvalue weighted by Gasteiger charge is 2.25. The molecule has 1 rings (SSSR count). The molecule has 0 aliphatic rings. The largest absolute Gasteiger partial charge is 0.413 e. The molecular weight excluding hydrogens is 200 g/mol. The highest BCUT2D eigenvalue weighted by Crippen LogP contribution is 2.09. The zero-order valence-electron chi connectivity index (χ0n) is 10.6. The van der Waals surface area contributed by atoms with Crippen molar-refractivity contribution < 1.29 is 4.43 Å². The molecule has 0 spiro atoms. The third kappa shape index (κ3) is 3.47. The van der Waals surface area contributed by atoms with E-state index in [4.69, 9.17) is 4.43 Å². The molecule has 0 aromatic heterocycles. The summed E-state index contributed by atoms with van der Waals surface area (Å²) in [6, 6.07) is 6.76. The van der Waals surface area contributed by atoms with Crippen LogP contribution in [0.3, 0.4) is 0 Å². The maximum atomic E-state index is 6.01. The minimum atomic E-state index is -1.66. The van der Waals surface area contributed by atoms with Gasteiger partial charge in [0.25, 0.3) is 0 Å². The van der Waals surface area contributed by atoms with E-state index < -0.39 is 8.32 Å². The summed E-state index contributed by atoms with van der Waals surface area (Å²) >= 11 is 0. The standard InChI is InChI=1S/C13H22OSi/c1-6-7-14-15(4,5)13-9-11(2)8-12(3)10-13/h8-10H,6-7H2,1-5H3. The Morgan fingerprint density at radius 3 is 2.07 bits per heavy atom. The lowest BCUT2D eigenvalue weighted by Gasteiger charge is -2.24. The van der Waals surface area contributed by atoms with Gasteiger partial charge >= 0.3 is 0 Å². The van der Waals surface area contributed by atoms with Gasteiger partial charge in [-0.15, -0.1) is 0 Å². The molecule has 0 amide bonds. The van der Waals surface area contributed by atoms with Gasteiger partial charge in [0.05, 0.1) is 0 Å². The first-order valence-corrected chi connectivity index (χ1v) is 8.59. The van der Waals surface area contributed by atoms with Gasteiger partial charge in [-0.25, -0.2) is 0 Å². The monoisotopic (exact) mass is 222 g/mol. The van der Waals surface area contributed by atoms with E-state index in [2.05, 4.69) is 52.1 Å². The van der Waals surface area contributed by atoms with Gasteiger partial charge in [-0.1, -0.05) is 36.2 Å². The number of benzene rings is 1. The Kier molecular flexibility index (Phi) is 4.11. The zero-order valence-corrected chi connectivity index (χ0v) is 11.6. The molecule has 0 N–H and O–H groups in total. The van der Waals surface area contributed by atoms with E-state index in [-0.39, 0.29) is 0 Å². The topological polar surface area (TPSA) is 9.23 Å². The first-order chi connectivity index (χ1) is 6.95. The minimum Gasteiger partial charge on any atom is -0.413 e. The second-order valence-corrected chi connectivity index (χ2v) is 8.62. The molecule has 0 radical (unpaired) electrons. The highest BCUT2D eigenvalue weighted by molar-refractivity contribution is 6.84. The zero-order chi connectivity index (χ0) is 11.5. The Morgan fingerprint density at radius 2 is 1.60 bits per heavy atom. The molecule has 1 nitrogen and oxygen atoms in total. The van der Waals surface area contributed by atoms with Crippen molar-refractivity contribution in [2.75, 3.05) is 6.61 Å². The van der Waals surface area contributed by atoms with Gasteiger partial charge in [0.2, 0.25) is 8.32 Å². The van der Waals surface area contributed by atoms with Crippen molar-refractivity contribution in [3.8, 4) is 0 Å². The second kappa shape index (κ2) is 4.95. The average molecular weight is 222 g/mol. The van der Waals surface area contributed by atoms with Gasteiger partial charge < -0.3 is 4.43 Å². The summed E-state index contributed by atoms with van der Waals surface area (Å²) in [7, 11) is -1.66. The van der Waals surface area contributed by atoms with Crippen molar-refractivity contribution in [3.05, 3.63) is 29.3 Å². The Labute approximate surface area is 94.6 Å². The Morgan fingerprint density at radius 1 is 1.07 bits per heavy atom. The van der Waals surface area contributed by atoms with E-state index in [1.165, 1.54) is 16.3 Å². The summed E-state index contributed by atoms with van der Waals surface area (Å²) < 4.78 is 6.01. The molecule has 0 unspecified atom stereocenters. The molecule has 0 saturated heterocycles. The maximum Gasteiger partial charge on any atom is 0.218 e. The van der Waals surface area contributed by atoms with Crippen LogP contribution in [-0.2, 0) is 4.43 Å². The van der Waals surface area contributed by atoms with E-state index >= 15 is 0 Å². The van der Waals surface area contributed by atoms with Gasteiger partial charge in [0, 0.05) is 6.61 Å². The Balaban J connectivity index is 2.93. The van der Waals surface area contributed by atoms with E-state index in [1.54, 1.807) is 0 Å². The van der Waals surface area contributed by atoms with E-state index in [1.807, 2.05) is 0 Å². The molecule has 84 valence electrons. The molecule has 2 heteroatoms. The molecule has 1 aromatic rings. The summed E-state index contributed by atoms with van der Waals surface area (Å²) in [6.45, 7) is 11.9. The van der Waals surface area contributed by atoms with Crippen LogP contribution in [0, 0.1) is 13.8 Å². The van der Waals surface area contributed by atoms with Crippen LogP contribution in [0.15, 0.2) is 18.2 Å². The lowest BCUT2D eigenvalue weighted by Crippen LogP contribution is -2.45. The highest BCUT2D eigenvalue weighted by atomic mass is 28.4. The van der Waals surface area contributed by atoms with Crippen LogP contribution in [-0.4, -0.2) is 14.9 Å². The number of hydrogen-bond donors (Lipinski definition) is 0.